The van der Waals surface area contributed by atoms with E-state index in [0.29, 0.717) is 0 Å². The summed E-state index contributed by atoms with van der Waals surface area (Å²) < 4.78 is 0. The van der Waals surface area contributed by atoms with E-state index in [0.717, 1.165) is 0 Å². The van der Waals surface area contributed by atoms with E-state index in [4.69, 9.17) is 0 Å². The molecule has 0 saturated heterocycles. The number of nitrogens with zero attached hydrogens (tertiary/aromatic N) is 2. The van der Waals surface area contributed by atoms with E-state index in [-0.39, 0.29) is 17.9 Å². The SMILES string of the molecule is CC(=O)N(C)[C@H](C)C(=O)N(C)C. The van der Waals surface area contributed by atoms with Crippen molar-refractivity contribution in [3.05, 3.63) is 0 Å². The van der Waals surface area contributed by atoms with E-state index in [1.54, 1.807) is 28.1 Å². The third kappa shape index (κ3) is 2.53. The molecule has 0 saturated carbocycles. The lowest BCUT2D eigenvalue weighted by Gasteiger charge is -2.25. The highest BCUT2D eigenvalue weighted by molar-refractivity contribution is 5.86. The zero-order valence-corrected chi connectivity index (χ0v) is 8.29. The van der Waals surface area contributed by atoms with Gasteiger partial charge in [-0.1, -0.05) is 0 Å². The van der Waals surface area contributed by atoms with Gasteiger partial charge in [0.05, 0.1) is 0 Å². The first-order valence-corrected chi connectivity index (χ1v) is 3.82. The summed E-state index contributed by atoms with van der Waals surface area (Å²) in [6, 6.07) is -0.377. The number of likely N-dealkylation sites (N-methyl/N-ethyl adjacent to an activating group) is 2. The number of amides is 2. The average Bonchev–Trinajstić information content (AvgIpc) is 2.00. The smallest absolute Gasteiger partial charge is 0.244 e. The fourth-order valence-corrected chi connectivity index (χ4v) is 0.812. The number of carbonyl (C=O) groups is 2. The van der Waals surface area contributed by atoms with E-state index in [2.05, 4.69) is 0 Å². The van der Waals surface area contributed by atoms with Crippen molar-refractivity contribution in [1.29, 1.82) is 0 Å². The van der Waals surface area contributed by atoms with Crippen LogP contribution in [-0.2, 0) is 9.59 Å². The molecule has 0 radical (unpaired) electrons. The lowest BCUT2D eigenvalue weighted by atomic mass is 10.2. The van der Waals surface area contributed by atoms with Crippen LogP contribution in [0.15, 0.2) is 0 Å². The summed E-state index contributed by atoms with van der Waals surface area (Å²) in [6.45, 7) is 3.16. The van der Waals surface area contributed by atoms with E-state index in [9.17, 15) is 9.59 Å². The molecule has 0 bridgehead atoms. The molecule has 0 rings (SSSR count). The summed E-state index contributed by atoms with van der Waals surface area (Å²) in [5, 5.41) is 0. The summed E-state index contributed by atoms with van der Waals surface area (Å²) in [4.78, 5) is 25.1. The van der Waals surface area contributed by atoms with Crippen LogP contribution in [-0.4, -0.2) is 48.8 Å². The molecule has 0 aliphatic carbocycles. The van der Waals surface area contributed by atoms with Gasteiger partial charge in [0.2, 0.25) is 11.8 Å². The Morgan fingerprint density at radius 3 is 1.83 bits per heavy atom. The number of hydrogen-bond acceptors (Lipinski definition) is 2. The highest BCUT2D eigenvalue weighted by Crippen LogP contribution is 1.98. The molecule has 0 fully saturated rings. The molecule has 4 heteroatoms. The summed E-state index contributed by atoms with van der Waals surface area (Å²) in [5.74, 6) is -0.162. The van der Waals surface area contributed by atoms with Crippen molar-refractivity contribution in [2.45, 2.75) is 19.9 Å². The van der Waals surface area contributed by atoms with Crippen LogP contribution in [0.1, 0.15) is 13.8 Å². The fourth-order valence-electron chi connectivity index (χ4n) is 0.812. The predicted molar refractivity (Wildman–Crippen MR) is 46.6 cm³/mol. The Morgan fingerprint density at radius 1 is 1.17 bits per heavy atom. The van der Waals surface area contributed by atoms with Crippen molar-refractivity contribution in [1.82, 2.24) is 9.80 Å². The topological polar surface area (TPSA) is 40.6 Å². The molecule has 0 aromatic rings. The molecule has 12 heavy (non-hydrogen) atoms. The van der Waals surface area contributed by atoms with Gasteiger partial charge in [0, 0.05) is 28.1 Å². The van der Waals surface area contributed by atoms with Gasteiger partial charge in [-0.15, -0.1) is 0 Å². The lowest BCUT2D eigenvalue weighted by molar-refractivity contribution is -0.141. The normalized spacial score (nSPS) is 12.1. The Kier molecular flexibility index (Phi) is 3.73. The Hall–Kier alpha value is -1.06. The number of hydrogen-bond donors (Lipinski definition) is 0. The molecule has 0 unspecified atom stereocenters. The summed E-state index contributed by atoms with van der Waals surface area (Å²) in [6.07, 6.45) is 0. The standard InChI is InChI=1S/C8H16N2O2/c1-6(8(12)9(3)4)10(5)7(2)11/h6H,1-5H3/t6-/m1/s1. The molecule has 0 aliphatic rings. The first kappa shape index (κ1) is 10.9. The van der Waals surface area contributed by atoms with Gasteiger partial charge in [0.15, 0.2) is 0 Å². The molecule has 0 heterocycles. The minimum absolute atomic E-state index is 0.0623. The second kappa shape index (κ2) is 4.09. The van der Waals surface area contributed by atoms with E-state index in [1.165, 1.54) is 16.7 Å². The molecule has 0 aromatic carbocycles. The minimum atomic E-state index is -0.377. The third-order valence-electron chi connectivity index (χ3n) is 1.88. The molecule has 0 aliphatic heterocycles. The quantitative estimate of drug-likeness (QED) is 0.585. The Bertz CT molecular complexity index is 189. The van der Waals surface area contributed by atoms with Gasteiger partial charge < -0.3 is 9.80 Å². The number of rotatable bonds is 2. The largest absolute Gasteiger partial charge is 0.347 e. The maximum absolute atomic E-state index is 11.3. The van der Waals surface area contributed by atoms with Crippen LogP contribution >= 0.6 is 0 Å². The molecule has 1 atom stereocenters. The van der Waals surface area contributed by atoms with Gasteiger partial charge in [-0.05, 0) is 6.92 Å². The lowest BCUT2D eigenvalue weighted by Crippen LogP contribution is -2.44. The summed E-state index contributed by atoms with van der Waals surface area (Å²) >= 11 is 0. The molecule has 2 amide bonds. The van der Waals surface area contributed by atoms with Gasteiger partial charge >= 0.3 is 0 Å². The van der Waals surface area contributed by atoms with Crippen molar-refractivity contribution >= 4 is 11.8 Å². The maximum Gasteiger partial charge on any atom is 0.244 e. The molecule has 4 nitrogen and oxygen atoms in total. The van der Waals surface area contributed by atoms with E-state index < -0.39 is 0 Å². The van der Waals surface area contributed by atoms with Gasteiger partial charge in [-0.25, -0.2) is 0 Å². The second-order valence-electron chi connectivity index (χ2n) is 3.04. The molecular weight excluding hydrogens is 156 g/mol. The molecular formula is C8H16N2O2. The Morgan fingerprint density at radius 2 is 1.58 bits per heavy atom. The third-order valence-corrected chi connectivity index (χ3v) is 1.88. The van der Waals surface area contributed by atoms with Gasteiger partial charge in [-0.3, -0.25) is 9.59 Å². The Labute approximate surface area is 73.1 Å². The van der Waals surface area contributed by atoms with E-state index >= 15 is 0 Å². The molecule has 0 spiro atoms. The van der Waals surface area contributed by atoms with Crippen molar-refractivity contribution in [3.63, 3.8) is 0 Å². The van der Waals surface area contributed by atoms with Crippen LogP contribution in [0.25, 0.3) is 0 Å². The average molecular weight is 172 g/mol. The monoisotopic (exact) mass is 172 g/mol. The van der Waals surface area contributed by atoms with E-state index in [1.807, 2.05) is 0 Å². The predicted octanol–water partition coefficient (Wildman–Crippen LogP) is -0.0586. The fraction of sp³-hybridized carbons (Fsp3) is 0.750. The molecule has 0 N–H and O–H groups in total. The first-order chi connectivity index (χ1) is 5.37. The van der Waals surface area contributed by atoms with Crippen molar-refractivity contribution < 1.29 is 9.59 Å². The van der Waals surface area contributed by atoms with Crippen molar-refractivity contribution in [2.75, 3.05) is 21.1 Å². The Balaban J connectivity index is 4.29. The van der Waals surface area contributed by atoms with Crippen molar-refractivity contribution in [2.24, 2.45) is 0 Å². The number of carbonyl (C=O) groups excluding carboxylic acids is 2. The van der Waals surface area contributed by atoms with Crippen LogP contribution in [0.3, 0.4) is 0 Å². The van der Waals surface area contributed by atoms with Crippen molar-refractivity contribution in [3.8, 4) is 0 Å². The molecule has 70 valence electrons. The second-order valence-corrected chi connectivity index (χ2v) is 3.04. The van der Waals surface area contributed by atoms with Gasteiger partial charge in [0.1, 0.15) is 6.04 Å². The van der Waals surface area contributed by atoms with Gasteiger partial charge in [-0.2, -0.15) is 0 Å². The van der Waals surface area contributed by atoms with Crippen LogP contribution in [0.5, 0.6) is 0 Å². The molecule has 0 aromatic heterocycles. The van der Waals surface area contributed by atoms with Crippen LogP contribution in [0, 0.1) is 0 Å². The van der Waals surface area contributed by atoms with Crippen LogP contribution in [0.2, 0.25) is 0 Å². The zero-order valence-electron chi connectivity index (χ0n) is 8.29. The van der Waals surface area contributed by atoms with Crippen LogP contribution < -0.4 is 0 Å². The maximum atomic E-state index is 11.3. The zero-order chi connectivity index (χ0) is 9.89. The minimum Gasteiger partial charge on any atom is -0.347 e. The highest BCUT2D eigenvalue weighted by Gasteiger charge is 2.20. The van der Waals surface area contributed by atoms with Crippen LogP contribution in [0.4, 0.5) is 0 Å². The first-order valence-electron chi connectivity index (χ1n) is 3.82. The summed E-state index contributed by atoms with van der Waals surface area (Å²) in [7, 11) is 4.97. The van der Waals surface area contributed by atoms with Gasteiger partial charge in [0.25, 0.3) is 0 Å². The highest BCUT2D eigenvalue weighted by atomic mass is 16.2. The summed E-state index contributed by atoms with van der Waals surface area (Å²) in [5.41, 5.74) is 0.